The first kappa shape index (κ1) is 22.5. The van der Waals surface area contributed by atoms with Crippen LogP contribution in [0.1, 0.15) is 28.4 Å². The van der Waals surface area contributed by atoms with Crippen molar-refractivity contribution in [2.75, 3.05) is 7.11 Å². The van der Waals surface area contributed by atoms with Gasteiger partial charge in [0.1, 0.15) is 14.1 Å². The SMILES string of the molecule is C#Cc1ccc([C@H]2c3[nH]c4ccccc4c3C[C@H](C(=O)OC)N2C(=O)C#C[Si](C)(C)C)cc1. The Labute approximate surface area is 195 Å². The zero-order valence-corrected chi connectivity index (χ0v) is 20.2. The molecule has 4 rings (SSSR count). The maximum atomic E-state index is 13.5. The van der Waals surface area contributed by atoms with Crippen LogP contribution in [0.5, 0.6) is 0 Å². The maximum Gasteiger partial charge on any atom is 0.328 e. The summed E-state index contributed by atoms with van der Waals surface area (Å²) in [5.41, 5.74) is 7.58. The van der Waals surface area contributed by atoms with Gasteiger partial charge in [0, 0.05) is 28.6 Å². The third-order valence-corrected chi connectivity index (χ3v) is 6.65. The molecule has 5 nitrogen and oxygen atoms in total. The number of fused-ring (bicyclic) bond motifs is 3. The number of amides is 1. The Kier molecular flexibility index (Phi) is 5.89. The third kappa shape index (κ3) is 4.31. The van der Waals surface area contributed by atoms with Gasteiger partial charge in [0.25, 0.3) is 5.91 Å². The number of carbonyl (C=O) groups is 2. The van der Waals surface area contributed by atoms with Crippen molar-refractivity contribution in [2.45, 2.75) is 38.1 Å². The van der Waals surface area contributed by atoms with Crippen molar-refractivity contribution >= 4 is 30.9 Å². The molecule has 0 saturated heterocycles. The fraction of sp³-hybridized carbons (Fsp3) is 0.259. The third-order valence-electron chi connectivity index (χ3n) is 5.78. The number of hydrogen-bond donors (Lipinski definition) is 1. The quantitative estimate of drug-likeness (QED) is 0.361. The number of benzene rings is 2. The molecule has 6 heteroatoms. The molecule has 166 valence electrons. The molecule has 0 aliphatic carbocycles. The standard InChI is InChI=1S/C27H26N2O3Si/c1-6-18-11-13-19(14-12-18)26-25-21(20-9-7-8-10-22(20)28-25)17-23(27(31)32-2)29(26)24(30)15-16-33(3,4)5/h1,7-14,23,26,28H,17H2,2-5H3/t23-,26+/m1/s1. The summed E-state index contributed by atoms with van der Waals surface area (Å²) in [5.74, 6) is 4.61. The number of esters is 1. The maximum absolute atomic E-state index is 13.5. The second-order valence-electron chi connectivity index (χ2n) is 9.19. The Hall–Kier alpha value is -3.74. The van der Waals surface area contributed by atoms with E-state index < -0.39 is 26.1 Å². The first-order valence-electron chi connectivity index (χ1n) is 10.8. The molecule has 2 atom stereocenters. The Morgan fingerprint density at radius 1 is 1.12 bits per heavy atom. The Balaban J connectivity index is 1.96. The second-order valence-corrected chi connectivity index (χ2v) is 13.9. The molecule has 1 aromatic heterocycles. The van der Waals surface area contributed by atoms with Gasteiger partial charge in [-0.25, -0.2) is 4.79 Å². The Morgan fingerprint density at radius 3 is 2.45 bits per heavy atom. The number of aromatic nitrogens is 1. The summed E-state index contributed by atoms with van der Waals surface area (Å²) in [6.45, 7) is 6.23. The Morgan fingerprint density at radius 2 is 1.82 bits per heavy atom. The van der Waals surface area contributed by atoms with Crippen molar-refractivity contribution in [1.29, 1.82) is 0 Å². The zero-order valence-electron chi connectivity index (χ0n) is 19.2. The van der Waals surface area contributed by atoms with Gasteiger partial charge in [-0.3, -0.25) is 4.79 Å². The number of hydrogen-bond acceptors (Lipinski definition) is 3. The van der Waals surface area contributed by atoms with Crippen molar-refractivity contribution in [3.05, 3.63) is 70.9 Å². The van der Waals surface area contributed by atoms with Gasteiger partial charge in [0.05, 0.1) is 13.2 Å². The van der Waals surface area contributed by atoms with Crippen LogP contribution in [0.4, 0.5) is 0 Å². The average molecular weight is 455 g/mol. The molecule has 1 N–H and O–H groups in total. The lowest BCUT2D eigenvalue weighted by Gasteiger charge is -2.40. The number of aromatic amines is 1. The zero-order chi connectivity index (χ0) is 23.8. The van der Waals surface area contributed by atoms with Gasteiger partial charge >= 0.3 is 5.97 Å². The number of nitrogens with one attached hydrogen (secondary N) is 1. The molecule has 0 unspecified atom stereocenters. The van der Waals surface area contributed by atoms with E-state index in [-0.39, 0.29) is 5.91 Å². The van der Waals surface area contributed by atoms with Gasteiger partial charge in [-0.1, -0.05) is 55.9 Å². The van der Waals surface area contributed by atoms with Crippen LogP contribution in [-0.2, 0) is 20.7 Å². The topological polar surface area (TPSA) is 62.4 Å². The molecular weight excluding hydrogens is 428 g/mol. The lowest BCUT2D eigenvalue weighted by molar-refractivity contribution is -0.153. The fourth-order valence-electron chi connectivity index (χ4n) is 4.27. The first-order chi connectivity index (χ1) is 15.7. The van der Waals surface area contributed by atoms with Crippen molar-refractivity contribution in [3.8, 4) is 23.8 Å². The average Bonchev–Trinajstić information content (AvgIpc) is 3.18. The summed E-state index contributed by atoms with van der Waals surface area (Å²) in [7, 11) is -0.460. The van der Waals surface area contributed by atoms with Crippen LogP contribution in [0.2, 0.25) is 19.6 Å². The smallest absolute Gasteiger partial charge is 0.328 e. The molecule has 1 aliphatic heterocycles. The van der Waals surface area contributed by atoms with Crippen LogP contribution in [0.25, 0.3) is 10.9 Å². The van der Waals surface area contributed by atoms with Crippen molar-refractivity contribution in [2.24, 2.45) is 0 Å². The summed E-state index contributed by atoms with van der Waals surface area (Å²) in [6.07, 6.45) is 5.90. The minimum Gasteiger partial charge on any atom is -0.467 e. The molecule has 0 bridgehead atoms. The van der Waals surface area contributed by atoms with E-state index in [2.05, 4.69) is 42.0 Å². The van der Waals surface area contributed by atoms with E-state index in [1.54, 1.807) is 4.90 Å². The van der Waals surface area contributed by atoms with E-state index in [0.29, 0.717) is 6.42 Å². The van der Waals surface area contributed by atoms with E-state index in [1.807, 2.05) is 48.5 Å². The van der Waals surface area contributed by atoms with E-state index >= 15 is 0 Å². The van der Waals surface area contributed by atoms with Crippen molar-refractivity contribution in [1.82, 2.24) is 9.88 Å². The summed E-state index contributed by atoms with van der Waals surface area (Å²) in [6, 6.07) is 14.1. The molecule has 2 heterocycles. The van der Waals surface area contributed by atoms with E-state index in [0.717, 1.165) is 33.3 Å². The highest BCUT2D eigenvalue weighted by Gasteiger charge is 2.43. The molecule has 0 radical (unpaired) electrons. The molecule has 1 amide bonds. The normalized spacial score (nSPS) is 17.5. The van der Waals surface area contributed by atoms with Gasteiger partial charge in [0.15, 0.2) is 0 Å². The Bertz CT molecular complexity index is 1330. The number of carbonyl (C=O) groups excluding carboxylic acids is 2. The van der Waals surface area contributed by atoms with Crippen LogP contribution < -0.4 is 0 Å². The number of terminal acetylenes is 1. The van der Waals surface area contributed by atoms with Crippen LogP contribution >= 0.6 is 0 Å². The molecule has 0 fully saturated rings. The van der Waals surface area contributed by atoms with E-state index in [1.165, 1.54) is 7.11 Å². The highest BCUT2D eigenvalue weighted by Crippen LogP contribution is 2.41. The highest BCUT2D eigenvalue weighted by atomic mass is 28.3. The summed E-state index contributed by atoms with van der Waals surface area (Å²) < 4.78 is 5.13. The summed E-state index contributed by atoms with van der Waals surface area (Å²) >= 11 is 0. The van der Waals surface area contributed by atoms with Gasteiger partial charge in [-0.05, 0) is 35.2 Å². The van der Waals surface area contributed by atoms with E-state index in [4.69, 9.17) is 11.2 Å². The van der Waals surface area contributed by atoms with Crippen LogP contribution in [0.3, 0.4) is 0 Å². The predicted octanol–water partition coefficient (Wildman–Crippen LogP) is 4.05. The van der Waals surface area contributed by atoms with Crippen LogP contribution in [0, 0.1) is 23.8 Å². The number of para-hydroxylation sites is 1. The van der Waals surface area contributed by atoms with Crippen LogP contribution in [-0.4, -0.2) is 43.0 Å². The number of ether oxygens (including phenoxy) is 1. The fourth-order valence-corrected chi connectivity index (χ4v) is 4.75. The lowest BCUT2D eigenvalue weighted by atomic mass is 9.87. The lowest BCUT2D eigenvalue weighted by Crippen LogP contribution is -2.51. The van der Waals surface area contributed by atoms with Crippen molar-refractivity contribution in [3.63, 3.8) is 0 Å². The van der Waals surface area contributed by atoms with Crippen LogP contribution in [0.15, 0.2) is 48.5 Å². The number of methoxy groups -OCH3 is 1. The minimum absolute atomic E-state index is 0.353. The van der Waals surface area contributed by atoms with Gasteiger partial charge in [0.2, 0.25) is 0 Å². The molecule has 0 spiro atoms. The first-order valence-corrected chi connectivity index (χ1v) is 14.3. The minimum atomic E-state index is -1.81. The predicted molar refractivity (Wildman–Crippen MR) is 132 cm³/mol. The monoisotopic (exact) mass is 454 g/mol. The number of rotatable bonds is 2. The molecule has 0 saturated carbocycles. The molecule has 3 aromatic rings. The van der Waals surface area contributed by atoms with Gasteiger partial charge in [-0.2, -0.15) is 0 Å². The summed E-state index contributed by atoms with van der Waals surface area (Å²) in [5, 5.41) is 1.03. The molecule has 2 aromatic carbocycles. The van der Waals surface area contributed by atoms with E-state index in [9.17, 15) is 9.59 Å². The largest absolute Gasteiger partial charge is 0.467 e. The highest BCUT2D eigenvalue weighted by molar-refractivity contribution is 6.84. The van der Waals surface area contributed by atoms with Crippen molar-refractivity contribution < 1.29 is 14.3 Å². The molecular formula is C27H26N2O3Si. The number of nitrogens with zero attached hydrogens (tertiary/aromatic N) is 1. The summed E-state index contributed by atoms with van der Waals surface area (Å²) in [4.78, 5) is 31.5. The van der Waals surface area contributed by atoms with Gasteiger partial charge in [-0.15, -0.1) is 12.0 Å². The molecule has 1 aliphatic rings. The second kappa shape index (κ2) is 8.65. The van der Waals surface area contributed by atoms with Gasteiger partial charge < -0.3 is 14.6 Å². The molecule has 33 heavy (non-hydrogen) atoms. The number of H-pyrrole nitrogens is 1.